The van der Waals surface area contributed by atoms with Gasteiger partial charge >= 0.3 is 0 Å². The number of hydrogen-bond acceptors (Lipinski definition) is 2. The lowest BCUT2D eigenvalue weighted by atomic mass is 9.63. The highest BCUT2D eigenvalue weighted by Crippen LogP contribution is 2.46. The average Bonchev–Trinajstić information content (AvgIpc) is 2.62. The van der Waals surface area contributed by atoms with E-state index >= 15 is 0 Å². The molecule has 0 aromatic carbocycles. The molecule has 1 aliphatic rings. The van der Waals surface area contributed by atoms with E-state index < -0.39 is 0 Å². The third-order valence-corrected chi connectivity index (χ3v) is 5.93. The Morgan fingerprint density at radius 3 is 2.21 bits per heavy atom. The van der Waals surface area contributed by atoms with Gasteiger partial charge in [-0.05, 0) is 68.4 Å². The number of hydrogen-bond donors (Lipinski definition) is 0. The Bertz CT molecular complexity index is 568. The van der Waals surface area contributed by atoms with Crippen LogP contribution in [0.15, 0.2) is 12.3 Å². The highest BCUT2D eigenvalue weighted by Gasteiger charge is 2.34. The van der Waals surface area contributed by atoms with Crippen molar-refractivity contribution in [2.45, 2.75) is 120 Å². The van der Waals surface area contributed by atoms with Gasteiger partial charge in [-0.1, -0.05) is 79.7 Å². The van der Waals surface area contributed by atoms with Gasteiger partial charge in [0, 0.05) is 18.3 Å². The van der Waals surface area contributed by atoms with E-state index in [9.17, 15) is 4.79 Å². The maximum Gasteiger partial charge on any atom is 0.130 e. The molecule has 0 saturated heterocycles. The summed E-state index contributed by atoms with van der Waals surface area (Å²) in [7, 11) is 0. The Kier molecular flexibility index (Phi) is 14.1. The van der Waals surface area contributed by atoms with Crippen molar-refractivity contribution in [3.05, 3.63) is 29.1 Å². The SMILES string of the molecule is CC(=O)CCc1cc(C)cnc1C.CCCC(C)CC.CCCC1CC(C)(C)C1. The highest BCUT2D eigenvalue weighted by molar-refractivity contribution is 5.75. The highest BCUT2D eigenvalue weighted by atomic mass is 16.1. The van der Waals surface area contributed by atoms with Gasteiger partial charge in [-0.2, -0.15) is 0 Å². The third kappa shape index (κ3) is 13.6. The largest absolute Gasteiger partial charge is 0.300 e. The molecule has 1 aliphatic carbocycles. The van der Waals surface area contributed by atoms with Crippen LogP contribution in [0.1, 0.15) is 117 Å². The zero-order valence-corrected chi connectivity index (χ0v) is 21.0. The van der Waals surface area contributed by atoms with Crippen molar-refractivity contribution in [1.82, 2.24) is 4.98 Å². The van der Waals surface area contributed by atoms with E-state index in [-0.39, 0.29) is 5.78 Å². The van der Waals surface area contributed by atoms with Crippen molar-refractivity contribution >= 4 is 5.78 Å². The summed E-state index contributed by atoms with van der Waals surface area (Å²) in [4.78, 5) is 15.0. The molecule has 1 aromatic heterocycles. The number of Topliss-reactive ketones (excluding diaryl/α,β-unsaturated/α-hetero) is 1. The number of pyridine rings is 1. The van der Waals surface area contributed by atoms with E-state index in [0.29, 0.717) is 11.8 Å². The molecule has 2 rings (SSSR count). The Balaban J connectivity index is 0.000000430. The van der Waals surface area contributed by atoms with Crippen molar-refractivity contribution in [2.75, 3.05) is 0 Å². The molecule has 0 amide bonds. The Hall–Kier alpha value is -1.18. The fraction of sp³-hybridized carbons (Fsp3) is 0.778. The van der Waals surface area contributed by atoms with Gasteiger partial charge in [-0.25, -0.2) is 0 Å². The maximum absolute atomic E-state index is 10.8. The number of aromatic nitrogens is 1. The number of aryl methyl sites for hydroxylation is 3. The minimum absolute atomic E-state index is 0.237. The summed E-state index contributed by atoms with van der Waals surface area (Å²) in [5.74, 6) is 2.26. The summed E-state index contributed by atoms with van der Waals surface area (Å²) in [6, 6.07) is 2.10. The molecule has 0 bridgehead atoms. The van der Waals surface area contributed by atoms with Crippen LogP contribution in [0.3, 0.4) is 0 Å². The summed E-state index contributed by atoms with van der Waals surface area (Å²) in [6.07, 6.45) is 13.2. The number of carbonyl (C=O) groups excluding carboxylic acids is 1. The van der Waals surface area contributed by atoms with E-state index in [1.54, 1.807) is 6.92 Å². The first-order valence-electron chi connectivity index (χ1n) is 12.0. The molecule has 1 aromatic rings. The zero-order valence-electron chi connectivity index (χ0n) is 21.0. The molecule has 1 heterocycles. The monoisotopic (exact) mass is 403 g/mol. The Labute approximate surface area is 182 Å². The fourth-order valence-electron chi connectivity index (χ4n) is 4.07. The fourth-order valence-corrected chi connectivity index (χ4v) is 4.07. The number of rotatable bonds is 8. The molecule has 2 heteroatoms. The predicted molar refractivity (Wildman–Crippen MR) is 128 cm³/mol. The summed E-state index contributed by atoms with van der Waals surface area (Å²) in [5.41, 5.74) is 4.08. The summed E-state index contributed by atoms with van der Waals surface area (Å²) >= 11 is 0. The second kappa shape index (κ2) is 14.7. The summed E-state index contributed by atoms with van der Waals surface area (Å²) in [6.45, 7) is 19.5. The first-order chi connectivity index (χ1) is 13.5. The van der Waals surface area contributed by atoms with Crippen molar-refractivity contribution in [2.24, 2.45) is 17.3 Å². The Morgan fingerprint density at radius 2 is 1.79 bits per heavy atom. The van der Waals surface area contributed by atoms with Crippen LogP contribution in [0.25, 0.3) is 0 Å². The normalized spacial score (nSPS) is 15.9. The smallest absolute Gasteiger partial charge is 0.130 e. The van der Waals surface area contributed by atoms with E-state index in [1.807, 2.05) is 20.0 Å². The minimum Gasteiger partial charge on any atom is -0.300 e. The number of nitrogens with zero attached hydrogens (tertiary/aromatic N) is 1. The van der Waals surface area contributed by atoms with Gasteiger partial charge in [0.2, 0.25) is 0 Å². The lowest BCUT2D eigenvalue weighted by Crippen LogP contribution is -2.31. The van der Waals surface area contributed by atoms with Gasteiger partial charge in [-0.15, -0.1) is 0 Å². The molecule has 0 aliphatic heterocycles. The van der Waals surface area contributed by atoms with Gasteiger partial charge in [0.1, 0.15) is 5.78 Å². The first kappa shape index (κ1) is 27.8. The van der Waals surface area contributed by atoms with Crippen LogP contribution in [0.2, 0.25) is 0 Å². The molecule has 1 saturated carbocycles. The zero-order chi connectivity index (χ0) is 22.4. The van der Waals surface area contributed by atoms with Crippen molar-refractivity contribution in [1.29, 1.82) is 0 Å². The van der Waals surface area contributed by atoms with Crippen LogP contribution in [0, 0.1) is 31.1 Å². The minimum atomic E-state index is 0.237. The lowest BCUT2D eigenvalue weighted by Gasteiger charge is -2.42. The molecule has 29 heavy (non-hydrogen) atoms. The number of ketones is 1. The third-order valence-electron chi connectivity index (χ3n) is 5.93. The van der Waals surface area contributed by atoms with Crippen LogP contribution in [0.5, 0.6) is 0 Å². The van der Waals surface area contributed by atoms with Gasteiger partial charge in [0.05, 0.1) is 0 Å². The van der Waals surface area contributed by atoms with E-state index in [4.69, 9.17) is 0 Å². The van der Waals surface area contributed by atoms with Gasteiger partial charge in [-0.3, -0.25) is 4.98 Å². The van der Waals surface area contributed by atoms with E-state index in [2.05, 4.69) is 52.6 Å². The molecule has 168 valence electrons. The van der Waals surface area contributed by atoms with Gasteiger partial charge in [0.15, 0.2) is 0 Å². The van der Waals surface area contributed by atoms with Crippen molar-refractivity contribution < 1.29 is 4.79 Å². The molecule has 2 nitrogen and oxygen atoms in total. The van der Waals surface area contributed by atoms with Gasteiger partial charge < -0.3 is 4.79 Å². The van der Waals surface area contributed by atoms with Crippen LogP contribution in [0.4, 0.5) is 0 Å². The standard InChI is InChI=1S/C11H15NO.C9H18.C7H16/c1-8-6-11(5-4-9(2)13)10(3)12-7-8;1-4-5-8-6-9(2,3)7-8;1-4-6-7(3)5-2/h6-7H,4-5H2,1-3H3;8H,4-7H2,1-3H3;7H,4-6H2,1-3H3. The van der Waals surface area contributed by atoms with Crippen LogP contribution < -0.4 is 0 Å². The lowest BCUT2D eigenvalue weighted by molar-refractivity contribution is -0.116. The molecular formula is C27H49NO. The molecule has 1 fully saturated rings. The summed E-state index contributed by atoms with van der Waals surface area (Å²) < 4.78 is 0. The second-order valence-electron chi connectivity index (χ2n) is 9.99. The Morgan fingerprint density at radius 1 is 1.17 bits per heavy atom. The molecule has 1 unspecified atom stereocenters. The predicted octanol–water partition coefficient (Wildman–Crippen LogP) is 8.28. The average molecular weight is 404 g/mol. The maximum atomic E-state index is 10.8. The molecular weight excluding hydrogens is 354 g/mol. The van der Waals surface area contributed by atoms with Crippen LogP contribution in [-0.2, 0) is 11.2 Å². The van der Waals surface area contributed by atoms with E-state index in [0.717, 1.165) is 29.5 Å². The second-order valence-corrected chi connectivity index (χ2v) is 9.99. The topological polar surface area (TPSA) is 30.0 Å². The number of carbonyl (C=O) groups is 1. The van der Waals surface area contributed by atoms with Gasteiger partial charge in [0.25, 0.3) is 0 Å². The van der Waals surface area contributed by atoms with Crippen molar-refractivity contribution in [3.8, 4) is 0 Å². The van der Waals surface area contributed by atoms with Crippen LogP contribution in [-0.4, -0.2) is 10.8 Å². The molecule has 0 spiro atoms. The van der Waals surface area contributed by atoms with E-state index in [1.165, 1.54) is 50.5 Å². The molecule has 1 atom stereocenters. The summed E-state index contributed by atoms with van der Waals surface area (Å²) in [5, 5.41) is 0. The first-order valence-corrected chi connectivity index (χ1v) is 12.0. The quantitative estimate of drug-likeness (QED) is 0.437. The van der Waals surface area contributed by atoms with Crippen molar-refractivity contribution in [3.63, 3.8) is 0 Å². The molecule has 0 N–H and O–H groups in total. The molecule has 0 radical (unpaired) electrons. The van der Waals surface area contributed by atoms with Crippen LogP contribution >= 0.6 is 0 Å².